The Bertz CT molecular complexity index is 1020. The van der Waals surface area contributed by atoms with E-state index in [2.05, 4.69) is 24.1 Å². The fourth-order valence-corrected chi connectivity index (χ4v) is 3.10. The highest BCUT2D eigenvalue weighted by molar-refractivity contribution is 6.33. The van der Waals surface area contributed by atoms with E-state index in [0.29, 0.717) is 22.1 Å². The minimum Gasteiger partial charge on any atom is -0.507 e. The number of nitrogens with one attached hydrogen (secondary N) is 1. The Kier molecular flexibility index (Phi) is 5.85. The normalized spacial score (nSPS) is 11.8. The third-order valence-corrected chi connectivity index (χ3v) is 4.90. The van der Waals surface area contributed by atoms with Crippen molar-refractivity contribution in [2.45, 2.75) is 26.3 Å². The number of hydrogen-bond acceptors (Lipinski definition) is 4. The number of nitrogens with two attached hydrogens (primary N) is 1. The molecule has 0 aliphatic carbocycles. The number of amides is 1. The molecule has 0 fully saturated rings. The molecule has 0 radical (unpaired) electrons. The Morgan fingerprint density at radius 3 is 2.61 bits per heavy atom. The number of anilines is 1. The van der Waals surface area contributed by atoms with Crippen molar-refractivity contribution in [3.8, 4) is 28.1 Å². The summed E-state index contributed by atoms with van der Waals surface area (Å²) in [6, 6.07) is 16.4. The summed E-state index contributed by atoms with van der Waals surface area (Å²) in [7, 11) is 0. The van der Waals surface area contributed by atoms with Gasteiger partial charge in [-0.3, -0.25) is 4.79 Å². The number of aromatic hydroxyl groups is 1. The molecular formula is C22H22ClN3O2. The molecule has 1 atom stereocenters. The summed E-state index contributed by atoms with van der Waals surface area (Å²) in [5.74, 6) is -0.147. The second-order valence-electron chi connectivity index (χ2n) is 6.66. The number of carbonyl (C=O) groups excluding carboxylic acids is 1. The first kappa shape index (κ1) is 19.7. The van der Waals surface area contributed by atoms with Crippen LogP contribution in [0.5, 0.6) is 5.75 Å². The zero-order valence-corrected chi connectivity index (χ0v) is 16.5. The predicted molar refractivity (Wildman–Crippen MR) is 114 cm³/mol. The van der Waals surface area contributed by atoms with Gasteiger partial charge in [0.05, 0.1) is 11.3 Å². The van der Waals surface area contributed by atoms with Gasteiger partial charge in [0.15, 0.2) is 0 Å². The Labute approximate surface area is 169 Å². The molecule has 1 amide bonds. The fourth-order valence-electron chi connectivity index (χ4n) is 2.85. The van der Waals surface area contributed by atoms with E-state index in [0.717, 1.165) is 17.5 Å². The van der Waals surface area contributed by atoms with E-state index in [1.54, 1.807) is 12.1 Å². The maximum Gasteiger partial charge on any atom is 0.252 e. The molecule has 0 bridgehead atoms. The van der Waals surface area contributed by atoms with Crippen LogP contribution >= 0.6 is 11.6 Å². The minimum absolute atomic E-state index is 0.0545. The average molecular weight is 396 g/mol. The van der Waals surface area contributed by atoms with Gasteiger partial charge in [-0.1, -0.05) is 36.7 Å². The highest BCUT2D eigenvalue weighted by Gasteiger charge is 2.14. The van der Waals surface area contributed by atoms with E-state index in [4.69, 9.17) is 17.3 Å². The number of hydrogen-bond donors (Lipinski definition) is 3. The van der Waals surface area contributed by atoms with Gasteiger partial charge in [0.25, 0.3) is 5.91 Å². The zero-order chi connectivity index (χ0) is 20.3. The molecule has 2 aromatic carbocycles. The maximum absolute atomic E-state index is 11.6. The quantitative estimate of drug-likeness (QED) is 0.542. The van der Waals surface area contributed by atoms with Crippen molar-refractivity contribution in [1.82, 2.24) is 4.98 Å². The van der Waals surface area contributed by atoms with Crippen molar-refractivity contribution >= 4 is 23.3 Å². The van der Waals surface area contributed by atoms with Crippen LogP contribution in [0.2, 0.25) is 5.02 Å². The van der Waals surface area contributed by atoms with Gasteiger partial charge in [-0.15, -0.1) is 0 Å². The van der Waals surface area contributed by atoms with Crippen LogP contribution < -0.4 is 11.1 Å². The van der Waals surface area contributed by atoms with E-state index in [1.807, 2.05) is 36.4 Å². The van der Waals surface area contributed by atoms with Gasteiger partial charge in [0, 0.05) is 22.2 Å². The summed E-state index contributed by atoms with van der Waals surface area (Å²) in [6.07, 6.45) is 0.943. The second kappa shape index (κ2) is 8.31. The molecule has 5 nitrogen and oxygen atoms in total. The van der Waals surface area contributed by atoms with Crippen LogP contribution in [-0.4, -0.2) is 22.0 Å². The third-order valence-electron chi connectivity index (χ3n) is 4.57. The molecule has 3 rings (SSSR count). The predicted octanol–water partition coefficient (Wildman–Crippen LogP) is 5.08. The van der Waals surface area contributed by atoms with E-state index in [-0.39, 0.29) is 17.4 Å². The number of primary amides is 1. The van der Waals surface area contributed by atoms with Crippen LogP contribution in [0.3, 0.4) is 0 Å². The molecule has 28 heavy (non-hydrogen) atoms. The monoisotopic (exact) mass is 395 g/mol. The molecule has 3 aromatic rings. The topological polar surface area (TPSA) is 88.2 Å². The lowest BCUT2D eigenvalue weighted by Gasteiger charge is -2.16. The van der Waals surface area contributed by atoms with Crippen molar-refractivity contribution in [2.24, 2.45) is 5.73 Å². The number of rotatable bonds is 6. The van der Waals surface area contributed by atoms with Crippen molar-refractivity contribution < 1.29 is 9.90 Å². The summed E-state index contributed by atoms with van der Waals surface area (Å²) in [5.41, 5.74) is 8.52. The van der Waals surface area contributed by atoms with Crippen molar-refractivity contribution in [2.75, 3.05) is 5.32 Å². The SMILES string of the molecule is CCC(C)Nc1cc(-c2ccccc2Cl)cc(-c2ccc(O)c(C(N)=O)c2)n1. The van der Waals surface area contributed by atoms with Gasteiger partial charge in [-0.05, 0) is 55.3 Å². The Morgan fingerprint density at radius 2 is 1.93 bits per heavy atom. The van der Waals surface area contributed by atoms with Crippen LogP contribution in [-0.2, 0) is 0 Å². The van der Waals surface area contributed by atoms with Crippen molar-refractivity contribution in [1.29, 1.82) is 0 Å². The average Bonchev–Trinajstić information content (AvgIpc) is 2.68. The van der Waals surface area contributed by atoms with E-state index in [1.165, 1.54) is 6.07 Å². The molecule has 1 unspecified atom stereocenters. The molecule has 0 spiro atoms. The summed E-state index contributed by atoms with van der Waals surface area (Å²) in [5, 5.41) is 13.9. The fraction of sp³-hybridized carbons (Fsp3) is 0.182. The van der Waals surface area contributed by atoms with Gasteiger partial charge in [0.2, 0.25) is 0 Å². The van der Waals surface area contributed by atoms with Gasteiger partial charge in [-0.25, -0.2) is 4.98 Å². The number of carbonyl (C=O) groups is 1. The van der Waals surface area contributed by atoms with E-state index >= 15 is 0 Å². The van der Waals surface area contributed by atoms with Crippen LogP contribution in [0.25, 0.3) is 22.4 Å². The summed E-state index contributed by atoms with van der Waals surface area (Å²) >= 11 is 6.39. The van der Waals surface area contributed by atoms with E-state index < -0.39 is 5.91 Å². The highest BCUT2D eigenvalue weighted by atomic mass is 35.5. The van der Waals surface area contributed by atoms with E-state index in [9.17, 15) is 9.90 Å². The molecule has 1 heterocycles. The van der Waals surface area contributed by atoms with Gasteiger partial charge in [0.1, 0.15) is 11.6 Å². The van der Waals surface area contributed by atoms with Crippen LogP contribution in [0.15, 0.2) is 54.6 Å². The third kappa shape index (κ3) is 4.26. The number of halogens is 1. The molecule has 0 aliphatic heterocycles. The lowest BCUT2D eigenvalue weighted by Crippen LogP contribution is -2.14. The standard InChI is InChI=1S/C22H22ClN3O2/c1-3-13(2)25-21-12-15(16-6-4-5-7-18(16)23)11-19(26-21)14-8-9-20(27)17(10-14)22(24)28/h4-13,27H,3H2,1-2H3,(H2,24,28)(H,25,26). The molecule has 0 saturated heterocycles. The summed E-state index contributed by atoms with van der Waals surface area (Å²) in [6.45, 7) is 4.17. The molecule has 4 N–H and O–H groups in total. The largest absolute Gasteiger partial charge is 0.507 e. The molecular weight excluding hydrogens is 374 g/mol. The Balaban J connectivity index is 2.16. The number of aromatic nitrogens is 1. The smallest absolute Gasteiger partial charge is 0.252 e. The first-order valence-corrected chi connectivity index (χ1v) is 9.43. The van der Waals surface area contributed by atoms with Gasteiger partial charge in [-0.2, -0.15) is 0 Å². The Morgan fingerprint density at radius 1 is 1.18 bits per heavy atom. The first-order chi connectivity index (χ1) is 13.4. The van der Waals surface area contributed by atoms with Crippen molar-refractivity contribution in [3.05, 3.63) is 65.2 Å². The van der Waals surface area contributed by atoms with Gasteiger partial charge < -0.3 is 16.2 Å². The molecule has 0 aliphatic rings. The number of pyridine rings is 1. The molecule has 144 valence electrons. The minimum atomic E-state index is -0.695. The van der Waals surface area contributed by atoms with Crippen molar-refractivity contribution in [3.63, 3.8) is 0 Å². The lowest BCUT2D eigenvalue weighted by molar-refractivity contribution is 0.0998. The molecule has 0 saturated carbocycles. The maximum atomic E-state index is 11.6. The highest BCUT2D eigenvalue weighted by Crippen LogP contribution is 2.33. The van der Waals surface area contributed by atoms with Crippen LogP contribution in [0.4, 0.5) is 5.82 Å². The van der Waals surface area contributed by atoms with Crippen LogP contribution in [0.1, 0.15) is 30.6 Å². The zero-order valence-electron chi connectivity index (χ0n) is 15.7. The lowest BCUT2D eigenvalue weighted by atomic mass is 10.0. The number of benzene rings is 2. The second-order valence-corrected chi connectivity index (χ2v) is 7.06. The first-order valence-electron chi connectivity index (χ1n) is 9.05. The summed E-state index contributed by atoms with van der Waals surface area (Å²) < 4.78 is 0. The van der Waals surface area contributed by atoms with Crippen LogP contribution in [0, 0.1) is 0 Å². The van der Waals surface area contributed by atoms with Gasteiger partial charge >= 0.3 is 0 Å². The molecule has 1 aromatic heterocycles. The number of nitrogens with zero attached hydrogens (tertiary/aromatic N) is 1. The number of phenols is 1. The Hall–Kier alpha value is -3.05. The summed E-state index contributed by atoms with van der Waals surface area (Å²) in [4.78, 5) is 16.3. The molecule has 6 heteroatoms.